The number of carbonyl (C=O) groups excluding carboxylic acids is 1. The average Bonchev–Trinajstić information content (AvgIpc) is 2.43. The first-order valence-electron chi connectivity index (χ1n) is 6.54. The van der Waals surface area contributed by atoms with Gasteiger partial charge in [0.15, 0.2) is 6.61 Å². The van der Waals surface area contributed by atoms with Gasteiger partial charge in [0.25, 0.3) is 0 Å². The molecule has 1 amide bonds. The number of nitrogens with zero attached hydrogens (tertiary/aromatic N) is 1. The number of nitrogens with two attached hydrogens (primary N) is 1. The zero-order valence-electron chi connectivity index (χ0n) is 11.6. The van der Waals surface area contributed by atoms with Gasteiger partial charge in [-0.05, 0) is 12.5 Å². The van der Waals surface area contributed by atoms with Crippen LogP contribution in [0.4, 0.5) is 18.9 Å². The molecular weight excluding hydrogens is 287 g/mol. The van der Waals surface area contributed by atoms with Gasteiger partial charge in [0, 0.05) is 6.07 Å². The zero-order valence-corrected chi connectivity index (χ0v) is 11.6. The third-order valence-corrected chi connectivity index (χ3v) is 2.59. The van der Waals surface area contributed by atoms with E-state index in [9.17, 15) is 18.0 Å². The first-order chi connectivity index (χ1) is 9.81. The Hall–Kier alpha value is -1.83. The lowest BCUT2D eigenvalue weighted by molar-refractivity contribution is -0.154. The van der Waals surface area contributed by atoms with Crippen LogP contribution in [0.15, 0.2) is 18.3 Å². The van der Waals surface area contributed by atoms with Gasteiger partial charge in [0.2, 0.25) is 11.8 Å². The Morgan fingerprint density at radius 3 is 2.71 bits per heavy atom. The summed E-state index contributed by atoms with van der Waals surface area (Å²) in [6.45, 7) is 0.585. The van der Waals surface area contributed by atoms with E-state index in [0.29, 0.717) is 12.1 Å². The molecule has 0 bridgehead atoms. The summed E-state index contributed by atoms with van der Waals surface area (Å²) < 4.78 is 40.3. The minimum atomic E-state index is -4.42. The topological polar surface area (TPSA) is 77.2 Å². The number of carbonyl (C=O) groups is 1. The normalized spacial score (nSPS) is 12.8. The van der Waals surface area contributed by atoms with Gasteiger partial charge in [-0.3, -0.25) is 4.79 Å². The maximum absolute atomic E-state index is 12.0. The smallest absolute Gasteiger partial charge is 0.422 e. The Morgan fingerprint density at radius 2 is 2.19 bits per heavy atom. The van der Waals surface area contributed by atoms with E-state index in [4.69, 9.17) is 5.73 Å². The number of aromatic nitrogens is 1. The largest absolute Gasteiger partial charge is 0.468 e. The lowest BCUT2D eigenvalue weighted by atomic mass is 10.1. The second-order valence-electron chi connectivity index (χ2n) is 4.53. The second kappa shape index (κ2) is 7.82. The minimum absolute atomic E-state index is 0.166. The number of hydrogen-bond acceptors (Lipinski definition) is 4. The molecule has 1 aromatic rings. The monoisotopic (exact) mass is 305 g/mol. The fourth-order valence-electron chi connectivity index (χ4n) is 1.49. The molecule has 8 heteroatoms. The highest BCUT2D eigenvalue weighted by atomic mass is 19.4. The highest BCUT2D eigenvalue weighted by Gasteiger charge is 2.28. The first kappa shape index (κ1) is 17.2. The molecule has 1 atom stereocenters. The van der Waals surface area contributed by atoms with Crippen LogP contribution >= 0.6 is 0 Å². The van der Waals surface area contributed by atoms with Gasteiger partial charge in [-0.25, -0.2) is 4.98 Å². The van der Waals surface area contributed by atoms with E-state index in [-0.39, 0.29) is 11.8 Å². The number of halogens is 3. The van der Waals surface area contributed by atoms with E-state index < -0.39 is 18.8 Å². The van der Waals surface area contributed by atoms with Crippen LogP contribution in [-0.4, -0.2) is 29.7 Å². The number of rotatable bonds is 7. The van der Waals surface area contributed by atoms with Gasteiger partial charge in [-0.1, -0.05) is 19.8 Å². The molecule has 1 rings (SSSR count). The lowest BCUT2D eigenvalue weighted by Crippen LogP contribution is -2.35. The Kier molecular flexibility index (Phi) is 6.41. The molecule has 0 spiro atoms. The van der Waals surface area contributed by atoms with E-state index in [0.717, 1.165) is 12.8 Å². The standard InChI is InChI=1S/C13H18F3N3O2/c1-2-3-4-10(17)12(20)19-9-5-6-11(18-7-9)21-8-13(14,15)16/h5-7,10H,2-4,8,17H2,1H3,(H,19,20). The van der Waals surface area contributed by atoms with Crippen molar-refractivity contribution in [3.63, 3.8) is 0 Å². The maximum atomic E-state index is 12.0. The summed E-state index contributed by atoms with van der Waals surface area (Å²) in [7, 11) is 0. The highest BCUT2D eigenvalue weighted by Crippen LogP contribution is 2.18. The molecule has 21 heavy (non-hydrogen) atoms. The molecular formula is C13H18F3N3O2. The predicted octanol–water partition coefficient (Wildman–Crippen LogP) is 2.48. The van der Waals surface area contributed by atoms with E-state index in [2.05, 4.69) is 15.0 Å². The SMILES string of the molecule is CCCCC(N)C(=O)Nc1ccc(OCC(F)(F)F)nc1. The number of nitrogens with one attached hydrogen (secondary N) is 1. The number of anilines is 1. The minimum Gasteiger partial charge on any atom is -0.468 e. The van der Waals surface area contributed by atoms with E-state index in [1.807, 2.05) is 6.92 Å². The molecule has 1 unspecified atom stereocenters. The quantitative estimate of drug-likeness (QED) is 0.811. The summed E-state index contributed by atoms with van der Waals surface area (Å²) in [4.78, 5) is 15.4. The molecule has 0 radical (unpaired) electrons. The molecule has 0 aliphatic rings. The van der Waals surface area contributed by atoms with Gasteiger partial charge in [0.1, 0.15) is 0 Å². The number of unbranched alkanes of at least 4 members (excludes halogenated alkanes) is 1. The fourth-order valence-corrected chi connectivity index (χ4v) is 1.49. The molecule has 1 aromatic heterocycles. The Labute approximate surface area is 120 Å². The Morgan fingerprint density at radius 1 is 1.48 bits per heavy atom. The van der Waals surface area contributed by atoms with Crippen molar-refractivity contribution in [2.45, 2.75) is 38.4 Å². The Balaban J connectivity index is 2.49. The summed E-state index contributed by atoms with van der Waals surface area (Å²) in [5.41, 5.74) is 6.05. The van der Waals surface area contributed by atoms with Crippen LogP contribution in [0.1, 0.15) is 26.2 Å². The van der Waals surface area contributed by atoms with Crippen molar-refractivity contribution >= 4 is 11.6 Å². The third kappa shape index (κ3) is 6.94. The zero-order chi connectivity index (χ0) is 15.9. The molecule has 1 heterocycles. The van der Waals surface area contributed by atoms with Crippen LogP contribution in [0.3, 0.4) is 0 Å². The van der Waals surface area contributed by atoms with Crippen molar-refractivity contribution in [1.82, 2.24) is 4.98 Å². The molecule has 3 N–H and O–H groups in total. The molecule has 0 aromatic carbocycles. The van der Waals surface area contributed by atoms with Gasteiger partial charge in [-0.15, -0.1) is 0 Å². The van der Waals surface area contributed by atoms with Crippen LogP contribution in [0.25, 0.3) is 0 Å². The Bertz CT molecular complexity index is 449. The predicted molar refractivity (Wildman–Crippen MR) is 71.9 cm³/mol. The van der Waals surface area contributed by atoms with Gasteiger partial charge >= 0.3 is 6.18 Å². The van der Waals surface area contributed by atoms with Crippen molar-refractivity contribution in [2.75, 3.05) is 11.9 Å². The van der Waals surface area contributed by atoms with Crippen LogP contribution in [0, 0.1) is 0 Å². The van der Waals surface area contributed by atoms with Crippen molar-refractivity contribution in [3.8, 4) is 5.88 Å². The molecule has 0 fully saturated rings. The number of amides is 1. The van der Waals surface area contributed by atoms with E-state index >= 15 is 0 Å². The summed E-state index contributed by atoms with van der Waals surface area (Å²) >= 11 is 0. The maximum Gasteiger partial charge on any atom is 0.422 e. The van der Waals surface area contributed by atoms with Crippen molar-refractivity contribution in [2.24, 2.45) is 5.73 Å². The van der Waals surface area contributed by atoms with E-state index in [1.165, 1.54) is 18.3 Å². The van der Waals surface area contributed by atoms with Crippen molar-refractivity contribution in [1.29, 1.82) is 0 Å². The van der Waals surface area contributed by atoms with Crippen LogP contribution in [0.5, 0.6) is 5.88 Å². The summed E-state index contributed by atoms with van der Waals surface area (Å²) in [5, 5.41) is 2.55. The molecule has 0 aliphatic heterocycles. The average molecular weight is 305 g/mol. The molecule has 118 valence electrons. The number of hydrogen-bond donors (Lipinski definition) is 2. The summed E-state index contributed by atoms with van der Waals surface area (Å²) in [6, 6.07) is 2.04. The van der Waals surface area contributed by atoms with Gasteiger partial charge in [0.05, 0.1) is 17.9 Å². The van der Waals surface area contributed by atoms with Crippen LogP contribution in [-0.2, 0) is 4.79 Å². The number of pyridine rings is 1. The van der Waals surface area contributed by atoms with Crippen LogP contribution in [0.2, 0.25) is 0 Å². The fraction of sp³-hybridized carbons (Fsp3) is 0.538. The lowest BCUT2D eigenvalue weighted by Gasteiger charge is -2.12. The van der Waals surface area contributed by atoms with Crippen molar-refractivity contribution in [3.05, 3.63) is 18.3 Å². The molecule has 0 saturated carbocycles. The second-order valence-corrected chi connectivity index (χ2v) is 4.53. The first-order valence-corrected chi connectivity index (χ1v) is 6.54. The summed E-state index contributed by atoms with van der Waals surface area (Å²) in [6.07, 6.45) is -0.843. The number of ether oxygens (including phenoxy) is 1. The molecule has 0 saturated heterocycles. The number of alkyl halides is 3. The van der Waals surface area contributed by atoms with E-state index in [1.54, 1.807) is 0 Å². The third-order valence-electron chi connectivity index (χ3n) is 2.59. The molecule has 0 aliphatic carbocycles. The van der Waals surface area contributed by atoms with Crippen molar-refractivity contribution < 1.29 is 22.7 Å². The summed E-state index contributed by atoms with van der Waals surface area (Å²) in [5.74, 6) is -0.519. The van der Waals surface area contributed by atoms with Gasteiger partial charge < -0.3 is 15.8 Å². The van der Waals surface area contributed by atoms with Gasteiger partial charge in [-0.2, -0.15) is 13.2 Å². The molecule has 5 nitrogen and oxygen atoms in total. The highest BCUT2D eigenvalue weighted by molar-refractivity contribution is 5.94. The van der Waals surface area contributed by atoms with Crippen LogP contribution < -0.4 is 15.8 Å².